The third-order valence-electron chi connectivity index (χ3n) is 3.39. The second kappa shape index (κ2) is 5.80. The molecular formula is C14H11F3N2O3S. The van der Waals surface area contributed by atoms with Gasteiger partial charge in [-0.3, -0.25) is 4.57 Å². The monoisotopic (exact) mass is 344 g/mol. The Labute approximate surface area is 133 Å². The van der Waals surface area contributed by atoms with Gasteiger partial charge in [-0.05, 0) is 30.2 Å². The molecule has 0 amide bonds. The number of fused-ring (bicyclic) bond motifs is 3. The summed E-state index contributed by atoms with van der Waals surface area (Å²) in [7, 11) is 1.41. The zero-order chi connectivity index (χ0) is 16.6. The van der Waals surface area contributed by atoms with Crippen molar-refractivity contribution in [3.8, 4) is 22.9 Å². The van der Waals surface area contributed by atoms with E-state index in [9.17, 15) is 18.0 Å². The molecule has 1 aliphatic rings. The number of alkyl halides is 3. The molecule has 1 aromatic carbocycles. The van der Waals surface area contributed by atoms with Crippen molar-refractivity contribution >= 4 is 12.0 Å². The number of benzene rings is 1. The maximum absolute atomic E-state index is 12.2. The van der Waals surface area contributed by atoms with Gasteiger partial charge in [0, 0.05) is 18.2 Å². The van der Waals surface area contributed by atoms with Gasteiger partial charge < -0.3 is 8.92 Å². The molecule has 0 atom stereocenters. The van der Waals surface area contributed by atoms with E-state index in [1.54, 1.807) is 18.2 Å². The summed E-state index contributed by atoms with van der Waals surface area (Å²) in [6, 6.07) is 6.25. The summed E-state index contributed by atoms with van der Waals surface area (Å²) in [5.41, 5.74) is -2.71. The first-order valence-corrected chi connectivity index (χ1v) is 7.33. The lowest BCUT2D eigenvalue weighted by Crippen LogP contribution is -2.28. The average Bonchev–Trinajstić information content (AvgIpc) is 2.51. The van der Waals surface area contributed by atoms with E-state index < -0.39 is 23.2 Å². The Morgan fingerprint density at radius 1 is 1.30 bits per heavy atom. The minimum absolute atomic E-state index is 0.114. The summed E-state index contributed by atoms with van der Waals surface area (Å²) in [4.78, 5) is 15.7. The third-order valence-corrected chi connectivity index (χ3v) is 3.85. The summed E-state index contributed by atoms with van der Waals surface area (Å²) in [5.74, 6) is 0.310. The van der Waals surface area contributed by atoms with Crippen LogP contribution in [0.5, 0.6) is 11.6 Å². The molecule has 0 aliphatic carbocycles. The van der Waals surface area contributed by atoms with Crippen molar-refractivity contribution in [3.05, 3.63) is 40.3 Å². The Balaban J connectivity index is 1.97. The maximum Gasteiger partial charge on any atom is 0.479 e. The Kier molecular flexibility index (Phi) is 3.97. The van der Waals surface area contributed by atoms with Gasteiger partial charge in [-0.15, -0.1) is 0 Å². The van der Waals surface area contributed by atoms with Crippen LogP contribution in [0.1, 0.15) is 5.56 Å². The number of hydrogen-bond donors (Lipinski definition) is 0. The topological polar surface area (TPSA) is 53.4 Å². The Morgan fingerprint density at radius 2 is 2.09 bits per heavy atom. The number of aryl methyl sites for hydroxylation is 1. The number of halogens is 3. The van der Waals surface area contributed by atoms with Gasteiger partial charge in [-0.25, -0.2) is 4.79 Å². The zero-order valence-electron chi connectivity index (χ0n) is 11.9. The summed E-state index contributed by atoms with van der Waals surface area (Å²) in [5, 5.41) is 0. The lowest BCUT2D eigenvalue weighted by atomic mass is 9.97. The van der Waals surface area contributed by atoms with Gasteiger partial charge in [0.1, 0.15) is 5.75 Å². The van der Waals surface area contributed by atoms with Crippen molar-refractivity contribution in [3.63, 3.8) is 0 Å². The van der Waals surface area contributed by atoms with Crippen LogP contribution in [-0.4, -0.2) is 22.2 Å². The minimum Gasteiger partial charge on any atom is -0.481 e. The van der Waals surface area contributed by atoms with Crippen LogP contribution in [0.3, 0.4) is 0 Å². The van der Waals surface area contributed by atoms with E-state index in [4.69, 9.17) is 4.74 Å². The molecule has 0 saturated carbocycles. The fourth-order valence-corrected chi connectivity index (χ4v) is 2.73. The predicted octanol–water partition coefficient (Wildman–Crippen LogP) is 3.02. The van der Waals surface area contributed by atoms with Crippen molar-refractivity contribution in [1.82, 2.24) is 9.55 Å². The summed E-state index contributed by atoms with van der Waals surface area (Å²) in [6.45, 7) is 0.397. The molecular weight excluding hydrogens is 333 g/mol. The van der Waals surface area contributed by atoms with Gasteiger partial charge in [0.25, 0.3) is 0 Å². The molecule has 0 fully saturated rings. The number of hydrogen-bond acceptors (Lipinski definition) is 5. The van der Waals surface area contributed by atoms with Gasteiger partial charge in [0.05, 0.1) is 12.8 Å². The predicted molar refractivity (Wildman–Crippen MR) is 78.5 cm³/mol. The molecule has 0 bridgehead atoms. The molecule has 0 spiro atoms. The second-order valence-electron chi connectivity index (χ2n) is 4.80. The molecule has 23 heavy (non-hydrogen) atoms. The standard InChI is InChI=1S/C14H11F3N2O3S/c1-21-12-7-11-10-3-2-9(22-23-14(15,16)17)6-8(10)4-5-19(11)13(20)18-12/h2-3,6-7H,4-5H2,1H3. The number of nitrogens with zero attached hydrogens (tertiary/aromatic N) is 2. The van der Waals surface area contributed by atoms with E-state index >= 15 is 0 Å². The lowest BCUT2D eigenvalue weighted by Gasteiger charge is -2.22. The van der Waals surface area contributed by atoms with Crippen molar-refractivity contribution in [2.75, 3.05) is 7.11 Å². The highest BCUT2D eigenvalue weighted by Gasteiger charge is 2.31. The van der Waals surface area contributed by atoms with Crippen LogP contribution in [0.2, 0.25) is 0 Å². The van der Waals surface area contributed by atoms with E-state index in [0.717, 1.165) is 11.1 Å². The Morgan fingerprint density at radius 3 is 2.78 bits per heavy atom. The van der Waals surface area contributed by atoms with Gasteiger partial charge >= 0.3 is 11.2 Å². The van der Waals surface area contributed by atoms with Crippen molar-refractivity contribution in [1.29, 1.82) is 0 Å². The largest absolute Gasteiger partial charge is 0.481 e. The van der Waals surface area contributed by atoms with Crippen LogP contribution in [-0.2, 0) is 13.0 Å². The number of rotatable bonds is 3. The van der Waals surface area contributed by atoms with Gasteiger partial charge in [-0.1, -0.05) is 0 Å². The molecule has 2 heterocycles. The van der Waals surface area contributed by atoms with Crippen LogP contribution in [0.15, 0.2) is 29.1 Å². The number of methoxy groups -OCH3 is 1. The van der Waals surface area contributed by atoms with Crippen LogP contribution >= 0.6 is 12.0 Å². The van der Waals surface area contributed by atoms with E-state index in [1.807, 2.05) is 0 Å². The molecule has 0 radical (unpaired) electrons. The first kappa shape index (κ1) is 15.7. The van der Waals surface area contributed by atoms with Crippen LogP contribution in [0, 0.1) is 0 Å². The van der Waals surface area contributed by atoms with Crippen molar-refractivity contribution in [2.45, 2.75) is 18.5 Å². The fourth-order valence-electron chi connectivity index (χ4n) is 2.43. The molecule has 0 N–H and O–H groups in total. The van der Waals surface area contributed by atoms with Gasteiger partial charge in [0.2, 0.25) is 5.88 Å². The van der Waals surface area contributed by atoms with Gasteiger partial charge in [-0.2, -0.15) is 18.2 Å². The molecule has 3 rings (SSSR count). The van der Waals surface area contributed by atoms with E-state index in [0.29, 0.717) is 18.7 Å². The summed E-state index contributed by atoms with van der Waals surface area (Å²) in [6.07, 6.45) is 0.504. The molecule has 0 unspecified atom stereocenters. The Bertz CT molecular complexity index is 805. The highest BCUT2D eigenvalue weighted by molar-refractivity contribution is 7.95. The molecule has 9 heteroatoms. The molecule has 1 aromatic heterocycles. The van der Waals surface area contributed by atoms with E-state index in [1.165, 1.54) is 17.7 Å². The van der Waals surface area contributed by atoms with E-state index in [2.05, 4.69) is 9.17 Å². The summed E-state index contributed by atoms with van der Waals surface area (Å²) < 4.78 is 47.7. The zero-order valence-corrected chi connectivity index (χ0v) is 12.7. The quantitative estimate of drug-likeness (QED) is 0.801. The molecule has 0 saturated heterocycles. The summed E-state index contributed by atoms with van der Waals surface area (Å²) >= 11 is -0.554. The molecule has 2 aromatic rings. The lowest BCUT2D eigenvalue weighted by molar-refractivity contribution is -0.0369. The molecule has 5 nitrogen and oxygen atoms in total. The van der Waals surface area contributed by atoms with Crippen molar-refractivity contribution < 1.29 is 22.1 Å². The maximum atomic E-state index is 12.2. The normalized spacial score (nSPS) is 13.2. The van der Waals surface area contributed by atoms with E-state index in [-0.39, 0.29) is 11.6 Å². The smallest absolute Gasteiger partial charge is 0.479 e. The highest BCUT2D eigenvalue weighted by atomic mass is 32.2. The Hall–Kier alpha value is -2.16. The third kappa shape index (κ3) is 3.29. The number of aromatic nitrogens is 2. The average molecular weight is 344 g/mol. The molecule has 122 valence electrons. The first-order chi connectivity index (χ1) is 10.9. The highest BCUT2D eigenvalue weighted by Crippen LogP contribution is 2.36. The SMILES string of the molecule is COc1cc2n(c(=O)n1)CCc1cc(OSC(F)(F)F)ccc1-2. The van der Waals surface area contributed by atoms with Crippen LogP contribution < -0.4 is 14.6 Å². The van der Waals surface area contributed by atoms with Gasteiger partial charge in [0.15, 0.2) is 12.0 Å². The first-order valence-electron chi connectivity index (χ1n) is 6.59. The fraction of sp³-hybridized carbons (Fsp3) is 0.286. The number of ether oxygens (including phenoxy) is 1. The van der Waals surface area contributed by atoms with Crippen LogP contribution in [0.4, 0.5) is 13.2 Å². The second-order valence-corrected chi connectivity index (χ2v) is 5.60. The van der Waals surface area contributed by atoms with Crippen LogP contribution in [0.25, 0.3) is 11.3 Å². The van der Waals surface area contributed by atoms with Crippen molar-refractivity contribution in [2.24, 2.45) is 0 Å². The molecule has 1 aliphatic heterocycles. The minimum atomic E-state index is -4.46.